The van der Waals surface area contributed by atoms with Crippen LogP contribution >= 0.6 is 15.6 Å². The summed E-state index contributed by atoms with van der Waals surface area (Å²) in [5.41, 5.74) is 0. The number of allylic oxidation sites excluding steroid dienone is 18. The van der Waals surface area contributed by atoms with E-state index in [-0.39, 0.29) is 25.7 Å². The van der Waals surface area contributed by atoms with Crippen LogP contribution in [0.3, 0.4) is 0 Å². The lowest BCUT2D eigenvalue weighted by Gasteiger charge is -2.21. The molecule has 600 valence electrons. The summed E-state index contributed by atoms with van der Waals surface area (Å²) in [5, 5.41) is 10.6. The van der Waals surface area contributed by atoms with Crippen LogP contribution in [0.15, 0.2) is 109 Å². The minimum absolute atomic E-state index is 0.0323. The monoisotopic (exact) mass is 1500 g/mol. The van der Waals surface area contributed by atoms with Gasteiger partial charge in [0.15, 0.2) is 12.2 Å². The SMILES string of the molecule is CCCCC/C=C\C/C=C\C/C=C\C/C=C\C/C=C\CCC(=O)O[C@H](COC(=O)CCCCCCC/C=C\C/C=C\CCCCC)COP(=O)(O)OC[C@@H](O)COP(=O)(O)OC[C@@H](COC(=O)CCCCCCCCC/C=C\CCCCCC)OC(=O)CCCCCCCCC/C=C\CCCCCC. The zero-order chi connectivity index (χ0) is 76.0. The largest absolute Gasteiger partial charge is 0.472 e. The van der Waals surface area contributed by atoms with E-state index in [0.717, 1.165) is 161 Å². The number of esters is 4. The van der Waals surface area contributed by atoms with Gasteiger partial charge in [0, 0.05) is 25.7 Å². The van der Waals surface area contributed by atoms with Crippen LogP contribution in [0.5, 0.6) is 0 Å². The standard InChI is InChI=1S/C85H148O17P2/c1-5-9-13-17-21-25-29-33-37-38-39-40-44-48-52-56-60-64-68-72-85(90)102-81(76-96-83(88)70-66-62-58-54-50-46-42-35-31-27-23-19-15-11-7-3)78-100-104(93,94)98-74-79(86)73-97-103(91,92)99-77-80(101-84(89)71-67-63-59-55-51-47-43-36-32-28-24-20-16-12-8-4)75-95-82(87)69-65-61-57-53-49-45-41-34-30-26-22-18-14-10-6-2/h21,23,25-28,30,32-33,35,37,39-40,42,48,52,60,64,79-81,86H,5-20,22,24,29,31,34,36,38,41,43-47,49-51,53-59,61-63,65-78H2,1-4H3,(H,91,92)(H,93,94)/b25-21-,27-23-,30-26-,32-28-,37-33-,40-39-,42-35-,52-48-,64-60-/t79-,80+,81+/m0/s1. The summed E-state index contributed by atoms with van der Waals surface area (Å²) < 4.78 is 68.6. The van der Waals surface area contributed by atoms with Crippen molar-refractivity contribution >= 4 is 39.5 Å². The molecule has 104 heavy (non-hydrogen) atoms. The molecule has 3 N–H and O–H groups in total. The lowest BCUT2D eigenvalue weighted by atomic mass is 10.1. The fourth-order valence-corrected chi connectivity index (χ4v) is 12.4. The van der Waals surface area contributed by atoms with Crippen molar-refractivity contribution in [2.75, 3.05) is 39.6 Å². The Bertz CT molecular complexity index is 2390. The molecule has 0 rings (SSSR count). The zero-order valence-electron chi connectivity index (χ0n) is 65.7. The van der Waals surface area contributed by atoms with Crippen LogP contribution in [-0.4, -0.2) is 96.7 Å². The Morgan fingerprint density at radius 1 is 0.269 bits per heavy atom. The van der Waals surface area contributed by atoms with E-state index in [1.165, 1.54) is 103 Å². The van der Waals surface area contributed by atoms with Gasteiger partial charge in [0.1, 0.15) is 19.3 Å². The number of hydrogen-bond donors (Lipinski definition) is 3. The van der Waals surface area contributed by atoms with Crippen LogP contribution in [-0.2, 0) is 65.4 Å². The van der Waals surface area contributed by atoms with E-state index in [9.17, 15) is 43.2 Å². The van der Waals surface area contributed by atoms with Crippen LogP contribution in [0.2, 0.25) is 0 Å². The third-order valence-electron chi connectivity index (χ3n) is 17.2. The van der Waals surface area contributed by atoms with Crippen LogP contribution in [0, 0.1) is 0 Å². The van der Waals surface area contributed by atoms with Gasteiger partial charge in [-0.25, -0.2) is 9.13 Å². The Morgan fingerprint density at radius 3 is 0.808 bits per heavy atom. The quantitative estimate of drug-likeness (QED) is 0.0169. The Labute approximate surface area is 632 Å². The molecule has 0 spiro atoms. The van der Waals surface area contributed by atoms with Gasteiger partial charge >= 0.3 is 39.5 Å². The maximum Gasteiger partial charge on any atom is 0.472 e. The molecule has 0 bridgehead atoms. The van der Waals surface area contributed by atoms with E-state index in [2.05, 4.69) is 119 Å². The number of aliphatic hydroxyl groups is 1. The number of hydrogen-bond acceptors (Lipinski definition) is 15. The number of rotatable bonds is 77. The van der Waals surface area contributed by atoms with Crippen molar-refractivity contribution in [3.8, 4) is 0 Å². The maximum absolute atomic E-state index is 13.1. The molecule has 0 aromatic rings. The topological polar surface area (TPSA) is 237 Å². The van der Waals surface area contributed by atoms with Crippen molar-refractivity contribution in [1.82, 2.24) is 0 Å². The molecule has 0 aliphatic heterocycles. The van der Waals surface area contributed by atoms with E-state index in [1.807, 2.05) is 18.2 Å². The molecule has 0 radical (unpaired) electrons. The van der Waals surface area contributed by atoms with Gasteiger partial charge in [-0.15, -0.1) is 0 Å². The molecule has 0 fully saturated rings. The van der Waals surface area contributed by atoms with Crippen molar-refractivity contribution < 1.29 is 80.2 Å². The first kappa shape index (κ1) is 99.7. The average Bonchev–Trinajstić information content (AvgIpc) is 0.943. The molecule has 0 saturated carbocycles. The summed E-state index contributed by atoms with van der Waals surface area (Å²) >= 11 is 0. The van der Waals surface area contributed by atoms with Crippen molar-refractivity contribution in [3.63, 3.8) is 0 Å². The van der Waals surface area contributed by atoms with Crippen LogP contribution in [0.25, 0.3) is 0 Å². The van der Waals surface area contributed by atoms with Crippen LogP contribution < -0.4 is 0 Å². The van der Waals surface area contributed by atoms with Crippen molar-refractivity contribution in [3.05, 3.63) is 109 Å². The lowest BCUT2D eigenvalue weighted by molar-refractivity contribution is -0.161. The van der Waals surface area contributed by atoms with E-state index in [4.69, 9.17) is 37.0 Å². The number of phosphoric ester groups is 2. The van der Waals surface area contributed by atoms with Crippen LogP contribution in [0.1, 0.15) is 349 Å². The minimum Gasteiger partial charge on any atom is -0.462 e. The van der Waals surface area contributed by atoms with Crippen molar-refractivity contribution in [2.24, 2.45) is 0 Å². The molecule has 0 amide bonds. The number of unbranched alkanes of at least 4 members (excludes halogenated alkanes) is 33. The number of carbonyl (C=O) groups excluding carboxylic acids is 4. The third kappa shape index (κ3) is 75.9. The Morgan fingerprint density at radius 2 is 0.490 bits per heavy atom. The van der Waals surface area contributed by atoms with Crippen molar-refractivity contribution in [1.29, 1.82) is 0 Å². The molecule has 0 aromatic heterocycles. The maximum atomic E-state index is 13.1. The van der Waals surface area contributed by atoms with Crippen molar-refractivity contribution in [2.45, 2.75) is 367 Å². The van der Waals surface area contributed by atoms with Gasteiger partial charge in [-0.3, -0.25) is 37.3 Å². The summed E-state index contributed by atoms with van der Waals surface area (Å²) in [4.78, 5) is 73.0. The highest BCUT2D eigenvalue weighted by Gasteiger charge is 2.30. The second-order valence-corrected chi connectivity index (χ2v) is 30.3. The Kier molecular flexibility index (Phi) is 73.7. The fourth-order valence-electron chi connectivity index (χ4n) is 10.9. The van der Waals surface area contributed by atoms with E-state index in [1.54, 1.807) is 0 Å². The van der Waals surface area contributed by atoms with E-state index in [0.29, 0.717) is 32.1 Å². The van der Waals surface area contributed by atoms with Crippen LogP contribution in [0.4, 0.5) is 0 Å². The highest BCUT2D eigenvalue weighted by molar-refractivity contribution is 7.47. The Hall–Kier alpha value is -4.28. The molecule has 17 nitrogen and oxygen atoms in total. The van der Waals surface area contributed by atoms with Gasteiger partial charge in [0.2, 0.25) is 0 Å². The molecule has 2 unspecified atom stereocenters. The number of phosphoric acid groups is 2. The normalized spacial score (nSPS) is 14.4. The van der Waals surface area contributed by atoms with Gasteiger partial charge in [-0.05, 0) is 148 Å². The highest BCUT2D eigenvalue weighted by atomic mass is 31.2. The Balaban J connectivity index is 5.44. The number of carbonyl (C=O) groups is 4. The molecule has 5 atom stereocenters. The fraction of sp³-hybridized carbons (Fsp3) is 0.741. The van der Waals surface area contributed by atoms with Gasteiger partial charge in [-0.2, -0.15) is 0 Å². The summed E-state index contributed by atoms with van der Waals surface area (Å²) in [7, 11) is -9.99. The predicted octanol–water partition coefficient (Wildman–Crippen LogP) is 24.1. The molecule has 19 heteroatoms. The minimum atomic E-state index is -5.00. The van der Waals surface area contributed by atoms with Gasteiger partial charge in [0.05, 0.1) is 26.4 Å². The second-order valence-electron chi connectivity index (χ2n) is 27.3. The zero-order valence-corrected chi connectivity index (χ0v) is 67.5. The lowest BCUT2D eigenvalue weighted by Crippen LogP contribution is -2.30. The number of ether oxygens (including phenoxy) is 4. The molecular weight excluding hydrogens is 1350 g/mol. The molecule has 0 heterocycles. The summed E-state index contributed by atoms with van der Waals surface area (Å²) in [6.07, 6.45) is 83.5. The predicted molar refractivity (Wildman–Crippen MR) is 427 cm³/mol. The third-order valence-corrected chi connectivity index (χ3v) is 19.1. The number of aliphatic hydroxyl groups excluding tert-OH is 1. The molecule has 0 saturated heterocycles. The van der Waals surface area contributed by atoms with Gasteiger partial charge in [0.25, 0.3) is 0 Å². The summed E-state index contributed by atoms with van der Waals surface area (Å²) in [5.74, 6) is -2.28. The smallest absolute Gasteiger partial charge is 0.462 e. The molecule has 0 aliphatic rings. The first-order chi connectivity index (χ1) is 50.7. The first-order valence-electron chi connectivity index (χ1n) is 41.1. The molecule has 0 aromatic carbocycles. The molecular formula is C85H148O17P2. The molecule has 0 aliphatic carbocycles. The summed E-state index contributed by atoms with van der Waals surface area (Å²) in [6.45, 7) is 4.73. The summed E-state index contributed by atoms with van der Waals surface area (Å²) in [6, 6.07) is 0. The first-order valence-corrected chi connectivity index (χ1v) is 44.1. The average molecular weight is 1500 g/mol. The van der Waals surface area contributed by atoms with E-state index < -0.39 is 97.5 Å². The highest BCUT2D eigenvalue weighted by Crippen LogP contribution is 2.45. The van der Waals surface area contributed by atoms with E-state index >= 15 is 0 Å². The second kappa shape index (κ2) is 76.9. The van der Waals surface area contributed by atoms with Gasteiger partial charge in [-0.1, -0.05) is 285 Å². The van der Waals surface area contributed by atoms with Gasteiger partial charge < -0.3 is 33.8 Å².